The highest BCUT2D eigenvalue weighted by molar-refractivity contribution is 7.02. The Labute approximate surface area is 851 Å². The van der Waals surface area contributed by atoms with Crippen molar-refractivity contribution in [2.75, 3.05) is 19.6 Å². The molecule has 21 aromatic rings. The lowest BCUT2D eigenvalue weighted by Crippen LogP contribution is -2.58. The summed E-state index contributed by atoms with van der Waals surface area (Å²) in [6, 6.07) is 158. The first kappa shape index (κ1) is 85.4. The number of nitrogens with zero attached hydrogens (tertiary/aromatic N) is 5. The van der Waals surface area contributed by atoms with Crippen LogP contribution in [0.15, 0.2) is 437 Å². The highest BCUT2D eigenvalue weighted by Crippen LogP contribution is 2.60. The zero-order valence-electron chi connectivity index (χ0n) is 82.0. The van der Waals surface area contributed by atoms with Crippen LogP contribution in [0.3, 0.4) is 0 Å². The summed E-state index contributed by atoms with van der Waals surface area (Å²) in [5.41, 5.74) is 44.1. The maximum atomic E-state index is 6.53. The van der Waals surface area contributed by atoms with Gasteiger partial charge in [0.15, 0.2) is 0 Å². The van der Waals surface area contributed by atoms with Crippen LogP contribution in [0.1, 0.15) is 74.9 Å². The molecule has 31 rings (SSSR count). The topological polar surface area (TPSA) is 73.3 Å². The number of hydrogen-bond donors (Lipinski definition) is 0. The van der Waals surface area contributed by atoms with E-state index in [9.17, 15) is 0 Å². The lowest BCUT2D eigenvalue weighted by Gasteiger charge is -2.43. The minimum absolute atomic E-state index is 0.199. The van der Waals surface area contributed by atoms with Crippen LogP contribution < -0.4 is 74.3 Å². The molecule has 694 valence electrons. The molecule has 0 spiro atoms. The van der Waals surface area contributed by atoms with Gasteiger partial charge < -0.3 is 52.1 Å². The Balaban J connectivity index is 0.000000106. The van der Waals surface area contributed by atoms with E-state index in [1.165, 1.54) is 133 Å². The summed E-state index contributed by atoms with van der Waals surface area (Å²) in [4.78, 5) is 9.83. The number of hydrogen-bond acceptors (Lipinski definition) is 10. The molecule has 0 atom stereocenters. The molecule has 0 unspecified atom stereocenters. The van der Waals surface area contributed by atoms with Gasteiger partial charge in [-0.25, -0.2) is 0 Å². The van der Waals surface area contributed by atoms with E-state index in [-0.39, 0.29) is 16.2 Å². The van der Waals surface area contributed by atoms with E-state index in [1.807, 2.05) is 72.8 Å². The van der Waals surface area contributed by atoms with Gasteiger partial charge in [-0.15, -0.1) is 0 Å². The fraction of sp³-hybridized carbons (Fsp3) is 0.0840. The molecular formula is C131H96B3N5O6Si. The first-order valence-electron chi connectivity index (χ1n) is 50.7. The molecule has 0 radical (unpaired) electrons. The van der Waals surface area contributed by atoms with Crippen molar-refractivity contribution in [2.45, 2.75) is 70.9 Å². The Morgan fingerprint density at radius 2 is 0.452 bits per heavy atom. The van der Waals surface area contributed by atoms with Gasteiger partial charge in [-0.05, 0) is 258 Å². The van der Waals surface area contributed by atoms with Crippen LogP contribution in [0, 0.1) is 0 Å². The van der Waals surface area contributed by atoms with Gasteiger partial charge in [0.1, 0.15) is 42.6 Å². The fourth-order valence-corrected chi connectivity index (χ4v) is 28.4. The van der Waals surface area contributed by atoms with Crippen LogP contribution in [0.4, 0.5) is 68.2 Å². The van der Waals surface area contributed by atoms with E-state index in [0.29, 0.717) is 0 Å². The minimum Gasteiger partial charge on any atom is -0.521 e. The highest BCUT2D eigenvalue weighted by Gasteiger charge is 2.50. The molecule has 0 aliphatic carbocycles. The molecule has 0 saturated heterocycles. The van der Waals surface area contributed by atoms with Crippen LogP contribution >= 0.6 is 0 Å². The molecule has 11 heterocycles. The fourth-order valence-electron chi connectivity index (χ4n) is 25.4. The van der Waals surface area contributed by atoms with Crippen molar-refractivity contribution in [1.29, 1.82) is 0 Å². The highest BCUT2D eigenvalue weighted by atomic mass is 28.3. The first-order valence-corrected chi connectivity index (χ1v) is 53.7. The second-order valence-corrected chi connectivity index (χ2v) is 46.2. The summed E-state index contributed by atoms with van der Waals surface area (Å²) in [5.74, 6) is 5.06. The molecule has 0 saturated carbocycles. The number of rotatable bonds is 6. The standard InChI is InChI=1S/C54H41BN2O2.C45H31BN2O2.C32H24BNO2Si/c1-53(2)42-20-10-12-22-46(42)56(36-16-6-5-7-17-36)48-28-26-34(30-44(48)53)35-27-29-49-45(31-35)54(3,4)43-21-11-13-23-47(43)57(49)37-32-40-38-18-8-14-24-50(38)58-55-52(40)41(33-37)39-19-9-15-25-51(39)59-55;1-45(2)36-17-7-10-20-40(36)48(41-24-23-28(27-37(41)45)47-38-18-8-3-13-30(38)31-14-4-9-19-39(31)47)29-25-34-32-15-5-11-21-42(32)49-46-44(34)35(26-29)33-16-6-12-22-43(33)50-46;1-37(2)30-17-9-5-13-26(30)34(27-14-6-10-18-31(27)37)21-19-24-22-11-3-7-15-28(22)35-33-32(24)25(20-21)23-12-4-8-16-29(23)36-33/h5-33H,1-4H3;3-27H,1-2H3;3-20H,1-2H3. The SMILES string of the molecule is CC1(C)c2ccccc2N(c2cc3c4c(c2)-c2ccccc2OB4Oc2ccccc2-3)c2ccc(-n3c4ccccc4c4ccccc43)cc21.CC1(C)c2ccccc2N(c2ccccc2)c2ccc(-c3ccc4c(c3)C(C)(C)c3ccccc3N4c3cc4c5c(c3)-c3ccccc3OB5Oc3ccccc3-4)cc21.C[Si]1(C)c2ccccc2N(c2cc3c4c(c2)-c2ccccc2OB4Oc2ccccc2-3)c2ccccc21. The van der Waals surface area contributed by atoms with E-state index in [4.69, 9.17) is 27.9 Å². The van der Waals surface area contributed by atoms with Crippen LogP contribution in [0.25, 0.3) is 105 Å². The zero-order valence-corrected chi connectivity index (χ0v) is 83.0. The van der Waals surface area contributed by atoms with Crippen molar-refractivity contribution in [3.63, 3.8) is 0 Å². The van der Waals surface area contributed by atoms with Crippen LogP contribution in [-0.2, 0) is 16.2 Å². The predicted octanol–water partition coefficient (Wildman–Crippen LogP) is 30.2. The van der Waals surface area contributed by atoms with Gasteiger partial charge in [-0.2, -0.15) is 0 Å². The van der Waals surface area contributed by atoms with Gasteiger partial charge in [0.25, 0.3) is 0 Å². The van der Waals surface area contributed by atoms with Gasteiger partial charge in [-0.1, -0.05) is 322 Å². The average Bonchev–Trinajstić information content (AvgIpc) is 0.899. The first-order chi connectivity index (χ1) is 71.4. The number of aromatic nitrogens is 1. The van der Waals surface area contributed by atoms with E-state index < -0.39 is 29.4 Å². The zero-order chi connectivity index (χ0) is 97.5. The van der Waals surface area contributed by atoms with Crippen molar-refractivity contribution in [2.24, 2.45) is 0 Å². The third kappa shape index (κ3) is 12.7. The number of fused-ring (bicyclic) bond motifs is 23. The molecule has 11 nitrogen and oxygen atoms in total. The van der Waals surface area contributed by atoms with Gasteiger partial charge in [0, 0.05) is 117 Å². The Bertz CT molecular complexity index is 8830. The van der Waals surface area contributed by atoms with Gasteiger partial charge in [0.2, 0.25) is 0 Å². The van der Waals surface area contributed by atoms with Gasteiger partial charge >= 0.3 is 21.4 Å². The monoisotopic (exact) mass is 1900 g/mol. The summed E-state index contributed by atoms with van der Waals surface area (Å²) < 4.78 is 41.3. The smallest absolute Gasteiger partial charge is 0.521 e. The molecule has 0 bridgehead atoms. The number of para-hydroxylation sites is 14. The number of anilines is 12. The third-order valence-corrected chi connectivity index (χ3v) is 36.0. The largest absolute Gasteiger partial charge is 0.633 e. The van der Waals surface area contributed by atoms with Crippen molar-refractivity contribution in [1.82, 2.24) is 4.57 Å². The molecule has 0 N–H and O–H groups in total. The van der Waals surface area contributed by atoms with Crippen LogP contribution in [0.2, 0.25) is 13.1 Å². The van der Waals surface area contributed by atoms with E-state index in [2.05, 4.69) is 443 Å². The van der Waals surface area contributed by atoms with E-state index in [1.54, 1.807) is 0 Å². The molecule has 10 aliphatic heterocycles. The summed E-state index contributed by atoms with van der Waals surface area (Å²) >= 11 is 0. The van der Waals surface area contributed by atoms with Crippen LogP contribution in [-0.4, -0.2) is 34.0 Å². The molecular weight excluding hydrogens is 1800 g/mol. The van der Waals surface area contributed by atoms with Gasteiger partial charge in [0.05, 0.1) is 45.2 Å². The quantitative estimate of drug-likeness (QED) is 0.150. The Kier molecular flexibility index (Phi) is 18.7. The Hall–Kier alpha value is -17.4. The van der Waals surface area contributed by atoms with Crippen molar-refractivity contribution in [3.05, 3.63) is 470 Å². The average molecular weight is 1900 g/mol. The molecule has 20 aromatic carbocycles. The lowest BCUT2D eigenvalue weighted by molar-refractivity contribution is 0.435. The minimum atomic E-state index is -1.85. The summed E-state index contributed by atoms with van der Waals surface area (Å²) in [7, 11) is -3.34. The van der Waals surface area contributed by atoms with E-state index >= 15 is 0 Å². The van der Waals surface area contributed by atoms with Crippen molar-refractivity contribution >= 4 is 146 Å². The third-order valence-electron chi connectivity index (χ3n) is 32.4. The second-order valence-electron chi connectivity index (χ2n) is 41.8. The lowest BCUT2D eigenvalue weighted by atomic mass is 9.66. The van der Waals surface area contributed by atoms with E-state index in [0.717, 1.165) is 135 Å². The second kappa shape index (κ2) is 32.1. The maximum absolute atomic E-state index is 6.53. The molecule has 10 aliphatic rings. The Morgan fingerprint density at radius 3 is 0.795 bits per heavy atom. The van der Waals surface area contributed by atoms with Gasteiger partial charge in [-0.3, -0.25) is 0 Å². The maximum Gasteiger partial charge on any atom is 0.633 e. The summed E-state index contributed by atoms with van der Waals surface area (Å²) in [6.45, 7) is 19.1. The number of benzene rings is 20. The summed E-state index contributed by atoms with van der Waals surface area (Å²) in [5, 5.41) is 5.46. The Morgan fingerprint density at radius 1 is 0.199 bits per heavy atom. The molecule has 15 heteroatoms. The molecule has 146 heavy (non-hydrogen) atoms. The normalized spacial score (nSPS) is 15.2. The van der Waals surface area contributed by atoms with Crippen LogP contribution in [0.5, 0.6) is 34.5 Å². The van der Waals surface area contributed by atoms with Crippen molar-refractivity contribution < 1.29 is 27.9 Å². The molecule has 0 amide bonds. The van der Waals surface area contributed by atoms with Crippen molar-refractivity contribution in [3.8, 4) is 118 Å². The molecule has 1 aromatic heterocycles. The summed E-state index contributed by atoms with van der Waals surface area (Å²) in [6.07, 6.45) is 0. The predicted molar refractivity (Wildman–Crippen MR) is 604 cm³/mol. The molecule has 0 fully saturated rings.